The van der Waals surface area contributed by atoms with Crippen LogP contribution in [0.25, 0.3) is 0 Å². The summed E-state index contributed by atoms with van der Waals surface area (Å²) in [6.45, 7) is 3.75. The predicted molar refractivity (Wildman–Crippen MR) is 88.3 cm³/mol. The average molecular weight is 318 g/mol. The van der Waals surface area contributed by atoms with E-state index in [0.717, 1.165) is 43.7 Å². The van der Waals surface area contributed by atoms with Crippen LogP contribution in [0.2, 0.25) is 0 Å². The number of methoxy groups -OCH3 is 1. The highest BCUT2D eigenvalue weighted by molar-refractivity contribution is 5.82. The lowest BCUT2D eigenvalue weighted by Gasteiger charge is -2.23. The van der Waals surface area contributed by atoms with Crippen LogP contribution in [0.15, 0.2) is 24.3 Å². The van der Waals surface area contributed by atoms with Crippen molar-refractivity contribution < 1.29 is 14.3 Å². The molecule has 5 heteroatoms. The second-order valence-corrected chi connectivity index (χ2v) is 6.58. The van der Waals surface area contributed by atoms with Crippen LogP contribution in [-0.4, -0.2) is 39.3 Å². The van der Waals surface area contributed by atoms with Crippen LogP contribution in [0.1, 0.15) is 24.8 Å². The van der Waals surface area contributed by atoms with Crippen LogP contribution in [0.3, 0.4) is 0 Å². The number of piperidine rings is 1. The molecule has 1 aromatic rings. The summed E-state index contributed by atoms with van der Waals surface area (Å²) in [4.78, 5) is 12.4. The molecule has 1 atom stereocenters. The summed E-state index contributed by atoms with van der Waals surface area (Å²) in [6, 6.07) is 7.86. The van der Waals surface area contributed by atoms with Crippen LogP contribution < -0.4 is 15.4 Å². The number of benzene rings is 1. The first-order valence-electron chi connectivity index (χ1n) is 8.43. The Morgan fingerprint density at radius 2 is 2.17 bits per heavy atom. The summed E-state index contributed by atoms with van der Waals surface area (Å²) >= 11 is 0. The second kappa shape index (κ2) is 7.32. The lowest BCUT2D eigenvalue weighted by atomic mass is 9.92. The molecule has 2 N–H and O–H groups in total. The zero-order valence-electron chi connectivity index (χ0n) is 13.8. The number of hydrogen-bond donors (Lipinski definition) is 2. The molecule has 2 fully saturated rings. The fourth-order valence-corrected chi connectivity index (χ4v) is 3.50. The van der Waals surface area contributed by atoms with Crippen LogP contribution in [0.5, 0.6) is 5.75 Å². The quantitative estimate of drug-likeness (QED) is 0.752. The van der Waals surface area contributed by atoms with Gasteiger partial charge in [-0.2, -0.15) is 0 Å². The van der Waals surface area contributed by atoms with Crippen molar-refractivity contribution in [3.63, 3.8) is 0 Å². The molecule has 1 aromatic carbocycles. The van der Waals surface area contributed by atoms with Crippen molar-refractivity contribution in [2.75, 3.05) is 33.4 Å². The average Bonchev–Trinajstić information content (AvgIpc) is 3.27. The third-order valence-corrected chi connectivity index (χ3v) is 5.03. The third-order valence-electron chi connectivity index (χ3n) is 5.03. The van der Waals surface area contributed by atoms with Crippen LogP contribution in [0, 0.1) is 11.3 Å². The van der Waals surface area contributed by atoms with E-state index in [1.807, 2.05) is 24.3 Å². The van der Waals surface area contributed by atoms with Gasteiger partial charge in [-0.3, -0.25) is 4.79 Å². The molecule has 1 saturated heterocycles. The summed E-state index contributed by atoms with van der Waals surface area (Å²) in [5.74, 6) is 1.23. The van der Waals surface area contributed by atoms with E-state index >= 15 is 0 Å². The Balaban J connectivity index is 1.47. The van der Waals surface area contributed by atoms with Gasteiger partial charge in [0.25, 0.3) is 0 Å². The van der Waals surface area contributed by atoms with E-state index < -0.39 is 0 Å². The number of nitrogens with one attached hydrogen (secondary N) is 2. The molecule has 1 heterocycles. The first-order chi connectivity index (χ1) is 11.2. The van der Waals surface area contributed by atoms with E-state index in [9.17, 15) is 4.79 Å². The molecular formula is C18H26N2O3. The molecule has 23 heavy (non-hydrogen) atoms. The Kier molecular flexibility index (Phi) is 5.18. The molecule has 3 rings (SSSR count). The SMILES string of the molecule is COCCOc1cccc(CNC(=O)C2CC23CCNCC3)c1. The lowest BCUT2D eigenvalue weighted by molar-refractivity contribution is -0.123. The molecule has 0 bridgehead atoms. The normalized spacial score (nSPS) is 21.9. The van der Waals surface area contributed by atoms with Gasteiger partial charge in [0.1, 0.15) is 12.4 Å². The van der Waals surface area contributed by atoms with Crippen molar-refractivity contribution in [2.45, 2.75) is 25.8 Å². The molecule has 0 radical (unpaired) electrons. The Labute approximate surface area is 137 Å². The van der Waals surface area contributed by atoms with Crippen molar-refractivity contribution in [1.82, 2.24) is 10.6 Å². The fourth-order valence-electron chi connectivity index (χ4n) is 3.50. The second-order valence-electron chi connectivity index (χ2n) is 6.58. The van der Waals surface area contributed by atoms with Gasteiger partial charge in [-0.1, -0.05) is 12.1 Å². The number of amides is 1. The van der Waals surface area contributed by atoms with Crippen molar-refractivity contribution >= 4 is 5.91 Å². The fraction of sp³-hybridized carbons (Fsp3) is 0.611. The van der Waals surface area contributed by atoms with Crippen molar-refractivity contribution in [1.29, 1.82) is 0 Å². The highest BCUT2D eigenvalue weighted by atomic mass is 16.5. The molecule has 1 spiro atoms. The van der Waals surface area contributed by atoms with E-state index in [4.69, 9.17) is 9.47 Å². The van der Waals surface area contributed by atoms with E-state index in [2.05, 4.69) is 10.6 Å². The highest BCUT2D eigenvalue weighted by Crippen LogP contribution is 2.58. The number of rotatable bonds is 7. The largest absolute Gasteiger partial charge is 0.491 e. The van der Waals surface area contributed by atoms with E-state index in [-0.39, 0.29) is 11.8 Å². The van der Waals surface area contributed by atoms with Gasteiger partial charge in [-0.25, -0.2) is 0 Å². The molecule has 1 unspecified atom stereocenters. The standard InChI is InChI=1S/C18H26N2O3/c1-22-9-10-23-15-4-2-3-14(11-15)13-20-17(21)16-12-18(16)5-7-19-8-6-18/h2-4,11,16,19H,5-10,12-13H2,1H3,(H,20,21). The molecular weight excluding hydrogens is 292 g/mol. The molecule has 0 aromatic heterocycles. The van der Waals surface area contributed by atoms with Gasteiger partial charge in [0, 0.05) is 19.6 Å². The smallest absolute Gasteiger partial charge is 0.223 e. The first kappa shape index (κ1) is 16.3. The van der Waals surface area contributed by atoms with Crippen molar-refractivity contribution in [2.24, 2.45) is 11.3 Å². The maximum atomic E-state index is 12.4. The van der Waals surface area contributed by atoms with E-state index in [1.54, 1.807) is 7.11 Å². The van der Waals surface area contributed by atoms with Crippen molar-refractivity contribution in [3.05, 3.63) is 29.8 Å². The number of carbonyl (C=O) groups is 1. The summed E-state index contributed by atoms with van der Waals surface area (Å²) in [5, 5.41) is 6.46. The lowest BCUT2D eigenvalue weighted by Crippen LogP contribution is -2.33. The summed E-state index contributed by atoms with van der Waals surface area (Å²) in [5.41, 5.74) is 1.36. The molecule has 5 nitrogen and oxygen atoms in total. The Bertz CT molecular complexity index is 541. The molecule has 1 amide bonds. The van der Waals surface area contributed by atoms with Gasteiger partial charge >= 0.3 is 0 Å². The number of hydrogen-bond acceptors (Lipinski definition) is 4. The maximum absolute atomic E-state index is 12.4. The van der Waals surface area contributed by atoms with Crippen LogP contribution >= 0.6 is 0 Å². The number of ether oxygens (including phenoxy) is 2. The first-order valence-corrected chi connectivity index (χ1v) is 8.43. The molecule has 1 saturated carbocycles. The minimum Gasteiger partial charge on any atom is -0.491 e. The van der Waals surface area contributed by atoms with Crippen molar-refractivity contribution in [3.8, 4) is 5.75 Å². The zero-order valence-corrected chi connectivity index (χ0v) is 13.8. The van der Waals surface area contributed by atoms with Gasteiger partial charge < -0.3 is 20.1 Å². The topological polar surface area (TPSA) is 59.6 Å². The Morgan fingerprint density at radius 1 is 1.35 bits per heavy atom. The van der Waals surface area contributed by atoms with Crippen LogP contribution in [0.4, 0.5) is 0 Å². The third kappa shape index (κ3) is 4.03. The molecule has 2 aliphatic rings. The summed E-state index contributed by atoms with van der Waals surface area (Å²) < 4.78 is 10.6. The van der Waals surface area contributed by atoms with Gasteiger partial charge in [-0.15, -0.1) is 0 Å². The molecule has 1 aliphatic heterocycles. The van der Waals surface area contributed by atoms with E-state index in [1.165, 1.54) is 0 Å². The summed E-state index contributed by atoms with van der Waals surface area (Å²) in [6.07, 6.45) is 3.32. The zero-order chi connectivity index (χ0) is 16.1. The Morgan fingerprint density at radius 3 is 2.96 bits per heavy atom. The van der Waals surface area contributed by atoms with Gasteiger partial charge in [-0.05, 0) is 55.5 Å². The van der Waals surface area contributed by atoms with E-state index in [0.29, 0.717) is 25.2 Å². The van der Waals surface area contributed by atoms with Gasteiger partial charge in [0.05, 0.1) is 6.61 Å². The summed E-state index contributed by atoms with van der Waals surface area (Å²) in [7, 11) is 1.66. The minimum atomic E-state index is 0.206. The number of carbonyl (C=O) groups excluding carboxylic acids is 1. The maximum Gasteiger partial charge on any atom is 0.223 e. The highest BCUT2D eigenvalue weighted by Gasteiger charge is 2.57. The Hall–Kier alpha value is -1.59. The van der Waals surface area contributed by atoms with Gasteiger partial charge in [0.15, 0.2) is 0 Å². The van der Waals surface area contributed by atoms with Crippen LogP contribution in [-0.2, 0) is 16.1 Å². The monoisotopic (exact) mass is 318 g/mol. The molecule has 1 aliphatic carbocycles. The van der Waals surface area contributed by atoms with Gasteiger partial charge in [0.2, 0.25) is 5.91 Å². The molecule has 126 valence electrons. The predicted octanol–water partition coefficient (Wildman–Crippen LogP) is 1.72. The minimum absolute atomic E-state index is 0.206.